The van der Waals surface area contributed by atoms with Crippen molar-refractivity contribution in [2.45, 2.75) is 25.3 Å². The molecule has 1 heterocycles. The number of hydrogen-bond acceptors (Lipinski definition) is 3. The first-order chi connectivity index (χ1) is 12.6. The number of nitrogens with one attached hydrogen (secondary N) is 1. The Kier molecular flexibility index (Phi) is 4.47. The Bertz CT molecular complexity index is 946. The summed E-state index contributed by atoms with van der Waals surface area (Å²) in [5, 5.41) is 9.98. The number of aryl methyl sites for hydroxylation is 2. The molecular formula is C21H24N4O. The van der Waals surface area contributed by atoms with Crippen LogP contribution in [0.5, 0.6) is 0 Å². The molecule has 26 heavy (non-hydrogen) atoms. The topological polar surface area (TPSA) is 72.9 Å². The first-order valence-corrected chi connectivity index (χ1v) is 9.14. The number of amides is 1. The first kappa shape index (κ1) is 16.8. The normalized spacial score (nSPS) is 17.7. The van der Waals surface area contributed by atoms with Crippen LogP contribution in [-0.4, -0.2) is 22.2 Å². The maximum Gasteiger partial charge on any atom is 0.223 e. The Labute approximate surface area is 153 Å². The molecule has 134 valence electrons. The molecule has 0 saturated heterocycles. The highest BCUT2D eigenvalue weighted by Gasteiger charge is 2.28. The summed E-state index contributed by atoms with van der Waals surface area (Å²) >= 11 is 0. The molecule has 1 aliphatic carbocycles. The minimum atomic E-state index is -0.164. The average molecular weight is 348 g/mol. The summed E-state index contributed by atoms with van der Waals surface area (Å²) in [5.74, 6) is 0.0734. The van der Waals surface area contributed by atoms with E-state index in [1.54, 1.807) is 0 Å². The van der Waals surface area contributed by atoms with E-state index >= 15 is 0 Å². The number of hydrogen-bond donors (Lipinski definition) is 2. The number of nitrogens with two attached hydrogens (primary N) is 1. The molecule has 2 aromatic carbocycles. The Balaban J connectivity index is 1.49. The Hall–Kier alpha value is -2.66. The SMILES string of the molecule is Cn1cc2c(n1)CCC(C(=O)NC(CN)c1ccc3ccccc3c1)C2. The van der Waals surface area contributed by atoms with Crippen LogP contribution in [0.15, 0.2) is 48.7 Å². The molecule has 4 rings (SSSR count). The summed E-state index contributed by atoms with van der Waals surface area (Å²) in [4.78, 5) is 12.8. The minimum absolute atomic E-state index is 0.0128. The molecular weight excluding hydrogens is 324 g/mol. The standard InChI is InChI=1S/C21H24N4O/c1-25-13-18-11-17(8-9-19(18)24-25)21(26)23-20(12-22)16-7-6-14-4-2-3-5-15(14)10-16/h2-7,10,13,17,20H,8-9,11-12,22H2,1H3,(H,23,26). The van der Waals surface area contributed by atoms with Crippen LogP contribution in [0.4, 0.5) is 0 Å². The molecule has 0 radical (unpaired) electrons. The number of nitrogens with zero attached hydrogens (tertiary/aromatic N) is 2. The lowest BCUT2D eigenvalue weighted by atomic mass is 9.87. The largest absolute Gasteiger partial charge is 0.348 e. The molecule has 3 aromatic rings. The van der Waals surface area contributed by atoms with E-state index in [-0.39, 0.29) is 17.9 Å². The van der Waals surface area contributed by atoms with Gasteiger partial charge in [0, 0.05) is 25.7 Å². The van der Waals surface area contributed by atoms with Crippen molar-refractivity contribution in [3.63, 3.8) is 0 Å². The zero-order valence-corrected chi connectivity index (χ0v) is 15.0. The third-order valence-corrected chi connectivity index (χ3v) is 5.29. The lowest BCUT2D eigenvalue weighted by molar-refractivity contribution is -0.126. The van der Waals surface area contributed by atoms with Gasteiger partial charge in [0.25, 0.3) is 0 Å². The molecule has 1 amide bonds. The van der Waals surface area contributed by atoms with E-state index in [4.69, 9.17) is 5.73 Å². The summed E-state index contributed by atoms with van der Waals surface area (Å²) in [6.07, 6.45) is 4.48. The van der Waals surface area contributed by atoms with Gasteiger partial charge >= 0.3 is 0 Å². The van der Waals surface area contributed by atoms with Crippen LogP contribution in [-0.2, 0) is 24.7 Å². The molecule has 2 unspecified atom stereocenters. The van der Waals surface area contributed by atoms with Crippen LogP contribution in [0.25, 0.3) is 10.8 Å². The van der Waals surface area contributed by atoms with E-state index in [0.717, 1.165) is 35.9 Å². The van der Waals surface area contributed by atoms with Gasteiger partial charge < -0.3 is 11.1 Å². The van der Waals surface area contributed by atoms with Crippen LogP contribution in [0.3, 0.4) is 0 Å². The highest BCUT2D eigenvalue weighted by atomic mass is 16.1. The van der Waals surface area contributed by atoms with Crippen LogP contribution in [0.1, 0.15) is 29.3 Å². The van der Waals surface area contributed by atoms with Crippen molar-refractivity contribution in [3.8, 4) is 0 Å². The fraction of sp³-hybridized carbons (Fsp3) is 0.333. The van der Waals surface area contributed by atoms with Gasteiger partial charge in [-0.2, -0.15) is 5.10 Å². The van der Waals surface area contributed by atoms with Gasteiger partial charge in [-0.1, -0.05) is 36.4 Å². The average Bonchev–Trinajstić information content (AvgIpc) is 3.04. The monoisotopic (exact) mass is 348 g/mol. The van der Waals surface area contributed by atoms with E-state index in [1.165, 1.54) is 10.9 Å². The fourth-order valence-electron chi connectivity index (χ4n) is 3.86. The predicted molar refractivity (Wildman–Crippen MR) is 103 cm³/mol. The van der Waals surface area contributed by atoms with Gasteiger partial charge in [0.15, 0.2) is 0 Å². The van der Waals surface area contributed by atoms with E-state index in [2.05, 4.69) is 40.7 Å². The van der Waals surface area contributed by atoms with Crippen molar-refractivity contribution >= 4 is 16.7 Å². The number of carbonyl (C=O) groups is 1. The van der Waals surface area contributed by atoms with Crippen molar-refractivity contribution in [3.05, 3.63) is 65.5 Å². The van der Waals surface area contributed by atoms with E-state index in [1.807, 2.05) is 30.1 Å². The first-order valence-electron chi connectivity index (χ1n) is 9.14. The van der Waals surface area contributed by atoms with Crippen LogP contribution in [0, 0.1) is 5.92 Å². The van der Waals surface area contributed by atoms with Crippen molar-refractivity contribution in [2.75, 3.05) is 6.54 Å². The number of fused-ring (bicyclic) bond motifs is 2. The smallest absolute Gasteiger partial charge is 0.223 e. The maximum absolute atomic E-state index is 12.8. The number of carbonyl (C=O) groups excluding carboxylic acids is 1. The third kappa shape index (κ3) is 3.22. The minimum Gasteiger partial charge on any atom is -0.348 e. The molecule has 1 aromatic heterocycles. The Morgan fingerprint density at radius 2 is 2.12 bits per heavy atom. The van der Waals surface area contributed by atoms with Crippen LogP contribution in [0.2, 0.25) is 0 Å². The summed E-state index contributed by atoms with van der Waals surface area (Å²) < 4.78 is 1.84. The highest BCUT2D eigenvalue weighted by molar-refractivity contribution is 5.84. The van der Waals surface area contributed by atoms with Gasteiger partial charge in [0.05, 0.1) is 11.7 Å². The van der Waals surface area contributed by atoms with Crippen molar-refractivity contribution < 1.29 is 4.79 Å². The molecule has 5 nitrogen and oxygen atoms in total. The van der Waals surface area contributed by atoms with Crippen LogP contribution < -0.4 is 11.1 Å². The molecule has 0 saturated carbocycles. The van der Waals surface area contributed by atoms with E-state index < -0.39 is 0 Å². The second kappa shape index (κ2) is 6.92. The second-order valence-electron chi connectivity index (χ2n) is 7.12. The fourth-order valence-corrected chi connectivity index (χ4v) is 3.86. The molecule has 0 fully saturated rings. The molecule has 5 heteroatoms. The zero-order valence-electron chi connectivity index (χ0n) is 15.0. The van der Waals surface area contributed by atoms with Gasteiger partial charge in [-0.15, -0.1) is 0 Å². The summed E-state index contributed by atoms with van der Waals surface area (Å²) in [6.45, 7) is 0.384. The van der Waals surface area contributed by atoms with Gasteiger partial charge in [-0.05, 0) is 47.2 Å². The molecule has 0 aliphatic heterocycles. The van der Waals surface area contributed by atoms with Gasteiger partial charge in [-0.25, -0.2) is 0 Å². The third-order valence-electron chi connectivity index (χ3n) is 5.29. The Morgan fingerprint density at radius 1 is 1.31 bits per heavy atom. The van der Waals surface area contributed by atoms with Gasteiger partial charge in [-0.3, -0.25) is 9.48 Å². The lowest BCUT2D eigenvalue weighted by Crippen LogP contribution is -2.39. The molecule has 0 spiro atoms. The lowest BCUT2D eigenvalue weighted by Gasteiger charge is -2.24. The van der Waals surface area contributed by atoms with E-state index in [9.17, 15) is 4.79 Å². The second-order valence-corrected chi connectivity index (χ2v) is 7.12. The Morgan fingerprint density at radius 3 is 2.92 bits per heavy atom. The van der Waals surface area contributed by atoms with Gasteiger partial charge in [0.2, 0.25) is 5.91 Å². The quantitative estimate of drug-likeness (QED) is 0.761. The number of rotatable bonds is 4. The zero-order chi connectivity index (χ0) is 18.1. The van der Waals surface area contributed by atoms with Crippen LogP contribution >= 0.6 is 0 Å². The van der Waals surface area contributed by atoms with Gasteiger partial charge in [0.1, 0.15) is 0 Å². The summed E-state index contributed by atoms with van der Waals surface area (Å²) in [7, 11) is 1.93. The number of benzene rings is 2. The van der Waals surface area contributed by atoms with Crippen molar-refractivity contribution in [1.82, 2.24) is 15.1 Å². The molecule has 1 aliphatic rings. The van der Waals surface area contributed by atoms with Crippen molar-refractivity contribution in [2.24, 2.45) is 18.7 Å². The van der Waals surface area contributed by atoms with E-state index in [0.29, 0.717) is 6.54 Å². The van der Waals surface area contributed by atoms with Crippen molar-refractivity contribution in [1.29, 1.82) is 0 Å². The summed E-state index contributed by atoms with van der Waals surface area (Å²) in [6, 6.07) is 14.3. The predicted octanol–water partition coefficient (Wildman–Crippen LogP) is 2.49. The molecule has 2 atom stereocenters. The molecule has 0 bridgehead atoms. The highest BCUT2D eigenvalue weighted by Crippen LogP contribution is 2.26. The number of aromatic nitrogens is 2. The maximum atomic E-state index is 12.8. The molecule has 3 N–H and O–H groups in total. The summed E-state index contributed by atoms with van der Waals surface area (Å²) in [5.41, 5.74) is 9.35.